The molecule has 0 bridgehead atoms. The predicted molar refractivity (Wildman–Crippen MR) is 392 cm³/mol. The molecule has 0 aromatic carbocycles. The molecule has 2 aliphatic rings. The van der Waals surface area contributed by atoms with Gasteiger partial charge in [-0.3, -0.25) is 4.79 Å². The predicted octanol–water partition coefficient (Wildman–Crippen LogP) is 17.1. The van der Waals surface area contributed by atoms with E-state index in [9.17, 15) is 45.6 Å². The maximum Gasteiger partial charge on any atom is 0.220 e. The number of amides is 1. The zero-order chi connectivity index (χ0) is 68.7. The van der Waals surface area contributed by atoms with Gasteiger partial charge in [-0.15, -0.1) is 0 Å². The lowest BCUT2D eigenvalue weighted by atomic mass is 9.97. The van der Waals surface area contributed by atoms with Crippen LogP contribution < -0.4 is 5.32 Å². The van der Waals surface area contributed by atoms with Crippen molar-refractivity contribution >= 4 is 5.91 Å². The van der Waals surface area contributed by atoms with Gasteiger partial charge in [-0.05, 0) is 83.5 Å². The zero-order valence-corrected chi connectivity index (χ0v) is 59.9. The van der Waals surface area contributed by atoms with Crippen molar-refractivity contribution in [3.8, 4) is 0 Å². The lowest BCUT2D eigenvalue weighted by Gasteiger charge is -2.46. The van der Waals surface area contributed by atoms with E-state index in [0.717, 1.165) is 89.9 Å². The number of nitrogens with one attached hydrogen (secondary N) is 1. The van der Waals surface area contributed by atoms with E-state index < -0.39 is 86.8 Å². The zero-order valence-electron chi connectivity index (χ0n) is 59.9. The van der Waals surface area contributed by atoms with E-state index in [1.807, 2.05) is 6.08 Å². The van der Waals surface area contributed by atoms with Crippen LogP contribution in [0.3, 0.4) is 0 Å². The summed E-state index contributed by atoms with van der Waals surface area (Å²) in [4.78, 5) is 13.4. The summed E-state index contributed by atoms with van der Waals surface area (Å²) in [6.07, 6.45) is 75.8. The summed E-state index contributed by atoms with van der Waals surface area (Å²) in [7, 11) is 0. The third-order valence-corrected chi connectivity index (χ3v) is 18.2. The van der Waals surface area contributed by atoms with Gasteiger partial charge in [-0.1, -0.05) is 322 Å². The molecule has 2 rings (SSSR count). The molecule has 2 saturated heterocycles. The molecule has 14 heteroatoms. The number of unbranched alkanes of at least 4 members (excludes halogenated alkanes) is 34. The van der Waals surface area contributed by atoms with Gasteiger partial charge >= 0.3 is 0 Å². The number of rotatable bonds is 63. The average Bonchev–Trinajstić information content (AvgIpc) is 0.897. The van der Waals surface area contributed by atoms with Crippen LogP contribution in [0.25, 0.3) is 0 Å². The van der Waals surface area contributed by atoms with Crippen LogP contribution in [0.2, 0.25) is 0 Å². The summed E-state index contributed by atoms with van der Waals surface area (Å²) in [6.45, 7) is 2.71. The molecule has 1 amide bonds. The molecular formula is C81H141NO13. The Labute approximate surface area is 578 Å². The first-order chi connectivity index (χ1) is 46.6. The van der Waals surface area contributed by atoms with E-state index in [1.54, 1.807) is 6.08 Å². The lowest BCUT2D eigenvalue weighted by molar-refractivity contribution is -0.359. The molecule has 12 atom stereocenters. The standard InChI is InChI=1S/C81H141NO13/c1-3-5-7-9-11-13-15-17-19-21-23-25-26-27-28-29-30-31-32-33-34-35-36-37-38-39-40-41-42-43-44-45-47-49-51-53-55-57-59-61-63-65-73(86)82-69(70(85)64-62-60-58-56-54-52-50-48-46-24-22-20-18-16-14-12-10-8-6-4-2)68-92-80-78(91)76(89)79(72(67-84)94-80)95-81-77(90)75(88)74(87)71(66-83)93-81/h5,7,11,13,17,19,23,25,27-28,30-31,33-34,36-37,62,64,69-72,74-81,83-85,87-91H,3-4,6,8-10,12,14-16,18,20-22,24,26,29,32,35,38-61,63,65-68H2,1-2H3,(H,82,86)/b7-5-,13-11-,19-17-,25-23-,28-27-,31-30-,34-33-,37-36-,64-62+. The second-order valence-corrected chi connectivity index (χ2v) is 26.8. The smallest absolute Gasteiger partial charge is 0.220 e. The van der Waals surface area contributed by atoms with Crippen LogP contribution in [0.15, 0.2) is 109 Å². The fraction of sp³-hybridized carbons (Fsp3) is 0.765. The molecule has 0 aromatic heterocycles. The SMILES string of the molecule is CC/C=C\C/C=C\C/C=C\C/C=C\C/C=C\C/C=C\C/C=C\C/C=C\CCCCCCCCCCCCCCCCCCC(=O)NC(COC1OC(CO)C(OC2OC(CO)C(O)C(O)C2O)C(O)C1O)C(O)/C=C/CCCCCCCCCCCCCCCCCCCC. The highest BCUT2D eigenvalue weighted by Gasteiger charge is 2.51. The van der Waals surface area contributed by atoms with Gasteiger partial charge in [-0.2, -0.15) is 0 Å². The molecule has 0 radical (unpaired) electrons. The summed E-state index contributed by atoms with van der Waals surface area (Å²) >= 11 is 0. The number of hydrogen-bond acceptors (Lipinski definition) is 13. The van der Waals surface area contributed by atoms with E-state index in [1.165, 1.54) is 186 Å². The van der Waals surface area contributed by atoms with E-state index in [4.69, 9.17) is 18.9 Å². The van der Waals surface area contributed by atoms with Crippen LogP contribution in [0, 0.1) is 0 Å². The van der Waals surface area contributed by atoms with Crippen LogP contribution in [0.1, 0.15) is 303 Å². The summed E-state index contributed by atoms with van der Waals surface area (Å²) in [6, 6.07) is -0.920. The minimum atomic E-state index is -1.79. The highest BCUT2D eigenvalue weighted by molar-refractivity contribution is 5.76. The Hall–Kier alpha value is -3.35. The van der Waals surface area contributed by atoms with E-state index in [-0.39, 0.29) is 18.9 Å². The van der Waals surface area contributed by atoms with Crippen molar-refractivity contribution < 1.29 is 64.6 Å². The van der Waals surface area contributed by atoms with Crippen molar-refractivity contribution in [1.29, 1.82) is 0 Å². The molecule has 14 nitrogen and oxygen atoms in total. The van der Waals surface area contributed by atoms with Gasteiger partial charge < -0.3 is 65.1 Å². The second kappa shape index (κ2) is 64.1. The number of allylic oxidation sites excluding steroid dienone is 17. The number of ether oxygens (including phenoxy) is 4. The summed E-state index contributed by atoms with van der Waals surface area (Å²) in [5, 5.41) is 87.6. The fourth-order valence-corrected chi connectivity index (χ4v) is 12.1. The largest absolute Gasteiger partial charge is 0.394 e. The van der Waals surface area contributed by atoms with Crippen LogP contribution in [-0.4, -0.2) is 140 Å². The maximum absolute atomic E-state index is 13.4. The summed E-state index contributed by atoms with van der Waals surface area (Å²) < 4.78 is 22.9. The molecule has 12 unspecified atom stereocenters. The van der Waals surface area contributed by atoms with Gasteiger partial charge in [0.2, 0.25) is 5.91 Å². The van der Waals surface area contributed by atoms with Crippen LogP contribution in [-0.2, 0) is 23.7 Å². The summed E-state index contributed by atoms with van der Waals surface area (Å²) in [5.41, 5.74) is 0. The molecule has 0 aliphatic carbocycles. The van der Waals surface area contributed by atoms with Crippen molar-refractivity contribution in [3.05, 3.63) is 109 Å². The lowest BCUT2D eigenvalue weighted by Crippen LogP contribution is -2.65. The molecule has 9 N–H and O–H groups in total. The molecule has 0 saturated carbocycles. The first-order valence-corrected chi connectivity index (χ1v) is 38.6. The third-order valence-electron chi connectivity index (χ3n) is 18.2. The normalized spacial score (nSPS) is 23.0. The van der Waals surface area contributed by atoms with Crippen molar-refractivity contribution in [3.63, 3.8) is 0 Å². The monoisotopic (exact) mass is 1340 g/mol. The van der Waals surface area contributed by atoms with Crippen LogP contribution >= 0.6 is 0 Å². The van der Waals surface area contributed by atoms with Crippen LogP contribution in [0.4, 0.5) is 0 Å². The fourth-order valence-electron chi connectivity index (χ4n) is 12.1. The van der Waals surface area contributed by atoms with E-state index in [0.29, 0.717) is 6.42 Å². The molecule has 2 fully saturated rings. The van der Waals surface area contributed by atoms with E-state index in [2.05, 4.69) is 116 Å². The highest BCUT2D eigenvalue weighted by Crippen LogP contribution is 2.30. The minimum absolute atomic E-state index is 0.239. The Balaban J connectivity index is 1.59. The molecular weight excluding hydrogens is 1190 g/mol. The second-order valence-electron chi connectivity index (χ2n) is 26.8. The molecule has 95 heavy (non-hydrogen) atoms. The van der Waals surface area contributed by atoms with Crippen molar-refractivity contribution in [2.75, 3.05) is 19.8 Å². The van der Waals surface area contributed by atoms with Crippen molar-refractivity contribution in [1.82, 2.24) is 5.32 Å². The topological polar surface area (TPSA) is 228 Å². The molecule has 2 aliphatic heterocycles. The number of hydrogen-bond donors (Lipinski definition) is 9. The van der Waals surface area contributed by atoms with Gasteiger partial charge in [0.05, 0.1) is 32.0 Å². The Morgan fingerprint density at radius 3 is 1.12 bits per heavy atom. The molecule has 0 aromatic rings. The van der Waals surface area contributed by atoms with Crippen molar-refractivity contribution in [2.24, 2.45) is 0 Å². The van der Waals surface area contributed by atoms with Gasteiger partial charge in [-0.25, -0.2) is 0 Å². The quantitative estimate of drug-likeness (QED) is 0.0204. The molecule has 548 valence electrons. The number of carbonyl (C=O) groups excluding carboxylic acids is 1. The Morgan fingerprint density at radius 2 is 0.726 bits per heavy atom. The Morgan fingerprint density at radius 1 is 0.389 bits per heavy atom. The maximum atomic E-state index is 13.4. The van der Waals surface area contributed by atoms with Gasteiger partial charge in [0.1, 0.15) is 48.8 Å². The molecule has 2 heterocycles. The first-order valence-electron chi connectivity index (χ1n) is 38.6. The van der Waals surface area contributed by atoms with Gasteiger partial charge in [0.15, 0.2) is 12.6 Å². The van der Waals surface area contributed by atoms with Gasteiger partial charge in [0.25, 0.3) is 0 Å². The van der Waals surface area contributed by atoms with Gasteiger partial charge in [0, 0.05) is 6.42 Å². The Bertz CT molecular complexity index is 2010. The average molecular weight is 1340 g/mol. The molecule has 0 spiro atoms. The Kier molecular flexibility index (Phi) is 59.2. The highest BCUT2D eigenvalue weighted by atomic mass is 16.7. The first kappa shape index (κ1) is 87.7. The van der Waals surface area contributed by atoms with Crippen molar-refractivity contribution in [2.45, 2.75) is 376 Å². The van der Waals surface area contributed by atoms with Crippen LogP contribution in [0.5, 0.6) is 0 Å². The number of aliphatic hydroxyl groups excluding tert-OH is 8. The number of aliphatic hydroxyl groups is 8. The number of carbonyl (C=O) groups is 1. The third kappa shape index (κ3) is 47.4. The van der Waals surface area contributed by atoms with E-state index >= 15 is 0 Å². The minimum Gasteiger partial charge on any atom is -0.394 e. The summed E-state index contributed by atoms with van der Waals surface area (Å²) in [5.74, 6) is -0.239.